The molecule has 2 rings (SSSR count). The molecular formula is C18H25NO2. The monoisotopic (exact) mass is 287 g/mol. The van der Waals surface area contributed by atoms with Crippen LogP contribution in [-0.2, 0) is 4.74 Å². The fourth-order valence-corrected chi connectivity index (χ4v) is 2.47. The van der Waals surface area contributed by atoms with Gasteiger partial charge in [0.15, 0.2) is 0 Å². The summed E-state index contributed by atoms with van der Waals surface area (Å²) in [5.74, 6) is 0.386. The predicted octanol–water partition coefficient (Wildman–Crippen LogP) is 3.96. The molecule has 0 aliphatic heterocycles. The first-order valence-corrected chi connectivity index (χ1v) is 7.53. The molecule has 0 spiro atoms. The van der Waals surface area contributed by atoms with Crippen LogP contribution < -0.4 is 0 Å². The van der Waals surface area contributed by atoms with Crippen molar-refractivity contribution in [3.63, 3.8) is 0 Å². The molecule has 2 aromatic carbocycles. The zero-order chi connectivity index (χ0) is 15.4. The Hall–Kier alpha value is -1.58. The van der Waals surface area contributed by atoms with Crippen LogP contribution >= 0.6 is 0 Å². The normalized spacial score (nSPS) is 13.2. The molecule has 0 aliphatic rings. The fraction of sp³-hybridized carbons (Fsp3) is 0.444. The number of phenolic OH excluding ortho intramolecular Hbond substituents is 1. The van der Waals surface area contributed by atoms with Gasteiger partial charge in [-0.25, -0.2) is 0 Å². The highest BCUT2D eigenvalue weighted by molar-refractivity contribution is 5.89. The van der Waals surface area contributed by atoms with Gasteiger partial charge in [0.2, 0.25) is 0 Å². The average molecular weight is 287 g/mol. The van der Waals surface area contributed by atoms with Crippen LogP contribution in [0.15, 0.2) is 36.4 Å². The molecule has 0 saturated carbocycles. The van der Waals surface area contributed by atoms with Gasteiger partial charge in [0, 0.05) is 23.5 Å². The third kappa shape index (κ3) is 3.74. The second kappa shape index (κ2) is 6.92. The molecule has 114 valence electrons. The number of aromatic hydroxyl groups is 1. The van der Waals surface area contributed by atoms with E-state index in [2.05, 4.69) is 24.9 Å². The van der Waals surface area contributed by atoms with E-state index in [1.807, 2.05) is 44.2 Å². The van der Waals surface area contributed by atoms with Crippen LogP contribution in [0.25, 0.3) is 10.8 Å². The highest BCUT2D eigenvalue weighted by atomic mass is 16.5. The molecule has 0 radical (unpaired) electrons. The van der Waals surface area contributed by atoms with Gasteiger partial charge in [0.1, 0.15) is 5.75 Å². The Morgan fingerprint density at radius 3 is 2.52 bits per heavy atom. The van der Waals surface area contributed by atoms with Crippen LogP contribution in [0.4, 0.5) is 0 Å². The van der Waals surface area contributed by atoms with Gasteiger partial charge in [-0.15, -0.1) is 0 Å². The van der Waals surface area contributed by atoms with Crippen molar-refractivity contribution in [2.45, 2.75) is 32.9 Å². The second-order valence-electron chi connectivity index (χ2n) is 5.80. The Labute approximate surface area is 127 Å². The Morgan fingerprint density at radius 2 is 1.81 bits per heavy atom. The van der Waals surface area contributed by atoms with E-state index in [1.165, 1.54) is 0 Å². The molecule has 0 amide bonds. The first-order valence-electron chi connectivity index (χ1n) is 7.53. The summed E-state index contributed by atoms with van der Waals surface area (Å²) >= 11 is 0. The molecule has 0 heterocycles. The molecule has 0 aromatic heterocycles. The highest BCUT2D eigenvalue weighted by Gasteiger charge is 2.16. The van der Waals surface area contributed by atoms with Crippen LogP contribution in [0.1, 0.15) is 32.4 Å². The van der Waals surface area contributed by atoms with Gasteiger partial charge in [-0.2, -0.15) is 0 Å². The lowest BCUT2D eigenvalue weighted by Crippen LogP contribution is -2.27. The van der Waals surface area contributed by atoms with E-state index in [0.717, 1.165) is 22.9 Å². The molecule has 1 unspecified atom stereocenters. The number of nitrogens with zero attached hydrogens (tertiary/aromatic N) is 1. The fourth-order valence-electron chi connectivity index (χ4n) is 2.47. The number of rotatable bonds is 6. The molecule has 2 aromatic rings. The quantitative estimate of drug-likeness (QED) is 0.872. The van der Waals surface area contributed by atoms with Gasteiger partial charge >= 0.3 is 0 Å². The van der Waals surface area contributed by atoms with Gasteiger partial charge < -0.3 is 9.84 Å². The lowest BCUT2D eigenvalue weighted by molar-refractivity contribution is 0.0571. The minimum absolute atomic E-state index is 0.144. The standard InChI is InChI=1S/C18H25NO2/c1-13(2)21-12-11-19(4)14(3)16-10-9-15-7-5-6-8-17(15)18(16)20/h5-10,13-14,20H,11-12H2,1-4H3. The minimum Gasteiger partial charge on any atom is -0.507 e. The molecule has 0 aliphatic carbocycles. The Morgan fingerprint density at radius 1 is 1.10 bits per heavy atom. The van der Waals surface area contributed by atoms with E-state index < -0.39 is 0 Å². The van der Waals surface area contributed by atoms with Crippen molar-refractivity contribution in [3.05, 3.63) is 42.0 Å². The summed E-state index contributed by atoms with van der Waals surface area (Å²) in [6, 6.07) is 12.1. The number of phenols is 1. The van der Waals surface area contributed by atoms with E-state index in [9.17, 15) is 5.11 Å². The molecular weight excluding hydrogens is 262 g/mol. The van der Waals surface area contributed by atoms with E-state index in [0.29, 0.717) is 12.4 Å². The number of benzene rings is 2. The third-order valence-electron chi connectivity index (χ3n) is 3.94. The molecule has 3 nitrogen and oxygen atoms in total. The Bertz CT molecular complexity index is 595. The predicted molar refractivity (Wildman–Crippen MR) is 87.7 cm³/mol. The SMILES string of the molecule is CC(C)OCCN(C)C(C)c1ccc2ccccc2c1O. The van der Waals surface area contributed by atoms with Crippen molar-refractivity contribution >= 4 is 10.8 Å². The second-order valence-corrected chi connectivity index (χ2v) is 5.80. The summed E-state index contributed by atoms with van der Waals surface area (Å²) in [4.78, 5) is 2.20. The minimum atomic E-state index is 0.144. The number of ether oxygens (including phenoxy) is 1. The van der Waals surface area contributed by atoms with Gasteiger partial charge in [0.05, 0.1) is 12.7 Å². The molecule has 0 bridgehead atoms. The lowest BCUT2D eigenvalue weighted by atomic mass is 10.0. The van der Waals surface area contributed by atoms with Crippen molar-refractivity contribution in [2.75, 3.05) is 20.2 Å². The molecule has 3 heteroatoms. The van der Waals surface area contributed by atoms with Crippen molar-refractivity contribution in [1.82, 2.24) is 4.90 Å². The van der Waals surface area contributed by atoms with Gasteiger partial charge in [-0.05, 0) is 33.2 Å². The van der Waals surface area contributed by atoms with E-state index in [1.54, 1.807) is 0 Å². The molecule has 0 saturated heterocycles. The van der Waals surface area contributed by atoms with Crippen LogP contribution in [-0.4, -0.2) is 36.3 Å². The number of fused-ring (bicyclic) bond motifs is 1. The highest BCUT2D eigenvalue weighted by Crippen LogP contribution is 2.34. The summed E-state index contributed by atoms with van der Waals surface area (Å²) in [6.45, 7) is 7.73. The van der Waals surface area contributed by atoms with E-state index in [-0.39, 0.29) is 12.1 Å². The molecule has 1 N–H and O–H groups in total. The van der Waals surface area contributed by atoms with Gasteiger partial charge in [-0.3, -0.25) is 4.90 Å². The average Bonchev–Trinajstić information content (AvgIpc) is 2.47. The number of hydrogen-bond donors (Lipinski definition) is 1. The summed E-state index contributed by atoms with van der Waals surface area (Å²) in [5.41, 5.74) is 0.959. The first kappa shape index (κ1) is 15.8. The van der Waals surface area contributed by atoms with Gasteiger partial charge in [0.25, 0.3) is 0 Å². The summed E-state index contributed by atoms with van der Waals surface area (Å²) in [5, 5.41) is 12.5. The zero-order valence-corrected chi connectivity index (χ0v) is 13.3. The largest absolute Gasteiger partial charge is 0.507 e. The van der Waals surface area contributed by atoms with Crippen molar-refractivity contribution in [3.8, 4) is 5.75 Å². The maximum Gasteiger partial charge on any atom is 0.128 e. The smallest absolute Gasteiger partial charge is 0.128 e. The van der Waals surface area contributed by atoms with Crippen LogP contribution in [0.5, 0.6) is 5.75 Å². The van der Waals surface area contributed by atoms with E-state index in [4.69, 9.17) is 4.74 Å². The van der Waals surface area contributed by atoms with Crippen LogP contribution in [0, 0.1) is 0 Å². The van der Waals surface area contributed by atoms with Crippen LogP contribution in [0.2, 0.25) is 0 Å². The molecule has 1 atom stereocenters. The lowest BCUT2D eigenvalue weighted by Gasteiger charge is -2.26. The number of likely N-dealkylation sites (N-methyl/N-ethyl adjacent to an activating group) is 1. The van der Waals surface area contributed by atoms with Crippen molar-refractivity contribution < 1.29 is 9.84 Å². The third-order valence-corrected chi connectivity index (χ3v) is 3.94. The van der Waals surface area contributed by atoms with Crippen LogP contribution in [0.3, 0.4) is 0 Å². The van der Waals surface area contributed by atoms with E-state index >= 15 is 0 Å². The van der Waals surface area contributed by atoms with Crippen molar-refractivity contribution in [1.29, 1.82) is 0 Å². The summed E-state index contributed by atoms with van der Waals surface area (Å²) in [7, 11) is 2.06. The summed E-state index contributed by atoms with van der Waals surface area (Å²) < 4.78 is 5.59. The maximum absolute atomic E-state index is 10.5. The molecule has 0 fully saturated rings. The Kier molecular flexibility index (Phi) is 5.21. The number of hydrogen-bond acceptors (Lipinski definition) is 3. The van der Waals surface area contributed by atoms with Gasteiger partial charge in [-0.1, -0.05) is 36.4 Å². The molecule has 21 heavy (non-hydrogen) atoms. The first-order chi connectivity index (χ1) is 10.0. The zero-order valence-electron chi connectivity index (χ0n) is 13.3. The maximum atomic E-state index is 10.5. The van der Waals surface area contributed by atoms with Crippen molar-refractivity contribution in [2.24, 2.45) is 0 Å². The topological polar surface area (TPSA) is 32.7 Å². The summed E-state index contributed by atoms with van der Waals surface area (Å²) in [6.07, 6.45) is 0.253. The Balaban J connectivity index is 2.15.